The first-order valence-corrected chi connectivity index (χ1v) is 11.2. The summed E-state index contributed by atoms with van der Waals surface area (Å²) in [5.41, 5.74) is 1.81. The summed E-state index contributed by atoms with van der Waals surface area (Å²) < 4.78 is 8.35. The number of hydrogen-bond acceptors (Lipinski definition) is 3. The molecule has 6 heteroatoms. The van der Waals surface area contributed by atoms with E-state index in [0.29, 0.717) is 6.73 Å². The van der Waals surface area contributed by atoms with E-state index in [-0.39, 0.29) is 6.61 Å². The number of nitrogens with zero attached hydrogens (tertiary/aromatic N) is 2. The minimum atomic E-state index is -1.07. The highest BCUT2D eigenvalue weighted by Gasteiger charge is 2.14. The molecule has 0 spiro atoms. The quantitative estimate of drug-likeness (QED) is 0.635. The molecule has 0 amide bonds. The first-order chi connectivity index (χ1) is 9.42. The van der Waals surface area contributed by atoms with Gasteiger partial charge in [-0.25, -0.2) is 4.68 Å². The monoisotopic (exact) mass is 356 g/mol. The van der Waals surface area contributed by atoms with Gasteiger partial charge in [0.1, 0.15) is 11.3 Å². The van der Waals surface area contributed by atoms with E-state index >= 15 is 0 Å². The SMILES string of the molecule is C[Si](C)(C)CCOCn1nc(Br)c2cccc(CO)c21. The van der Waals surface area contributed by atoms with Crippen molar-refractivity contribution in [2.75, 3.05) is 6.61 Å². The number of fused-ring (bicyclic) bond motifs is 1. The van der Waals surface area contributed by atoms with E-state index in [1.165, 1.54) is 0 Å². The smallest absolute Gasteiger partial charge is 0.140 e. The molecule has 0 bridgehead atoms. The molecule has 0 radical (unpaired) electrons. The molecule has 0 fully saturated rings. The van der Waals surface area contributed by atoms with Crippen LogP contribution in [-0.2, 0) is 18.1 Å². The predicted octanol–water partition coefficient (Wildman–Crippen LogP) is 3.60. The highest BCUT2D eigenvalue weighted by molar-refractivity contribution is 9.10. The van der Waals surface area contributed by atoms with Crippen LogP contribution in [0.25, 0.3) is 10.9 Å². The Kier molecular flexibility index (Phi) is 5.01. The largest absolute Gasteiger partial charge is 0.392 e. The van der Waals surface area contributed by atoms with Gasteiger partial charge in [0, 0.05) is 25.6 Å². The van der Waals surface area contributed by atoms with Crippen LogP contribution >= 0.6 is 15.9 Å². The second-order valence-electron chi connectivity index (χ2n) is 6.11. The molecule has 4 nitrogen and oxygen atoms in total. The number of benzene rings is 1. The Morgan fingerprint density at radius 3 is 2.75 bits per heavy atom. The number of aliphatic hydroxyl groups excluding tert-OH is 1. The summed E-state index contributed by atoms with van der Waals surface area (Å²) in [4.78, 5) is 0. The maximum atomic E-state index is 9.46. The Hall–Kier alpha value is -0.693. The third-order valence-corrected chi connectivity index (χ3v) is 5.48. The molecule has 0 unspecified atom stereocenters. The molecule has 2 aromatic rings. The Labute approximate surface area is 128 Å². The number of ether oxygens (including phenoxy) is 1. The fourth-order valence-electron chi connectivity index (χ4n) is 2.02. The number of aliphatic hydroxyl groups is 1. The van der Waals surface area contributed by atoms with Gasteiger partial charge >= 0.3 is 0 Å². The lowest BCUT2D eigenvalue weighted by Gasteiger charge is -2.15. The third-order valence-electron chi connectivity index (χ3n) is 3.19. The molecule has 0 aliphatic carbocycles. The van der Waals surface area contributed by atoms with Crippen molar-refractivity contribution in [1.82, 2.24) is 9.78 Å². The fraction of sp³-hybridized carbons (Fsp3) is 0.500. The number of hydrogen-bond donors (Lipinski definition) is 1. The summed E-state index contributed by atoms with van der Waals surface area (Å²) >= 11 is 3.46. The Balaban J connectivity index is 2.14. The van der Waals surface area contributed by atoms with E-state index in [1.807, 2.05) is 22.9 Å². The van der Waals surface area contributed by atoms with Gasteiger partial charge in [0.25, 0.3) is 0 Å². The van der Waals surface area contributed by atoms with Gasteiger partial charge in [-0.3, -0.25) is 0 Å². The zero-order valence-corrected chi connectivity index (χ0v) is 14.8. The van der Waals surface area contributed by atoms with Crippen LogP contribution in [0.15, 0.2) is 22.8 Å². The molecular weight excluding hydrogens is 336 g/mol. The third kappa shape index (κ3) is 3.69. The number of halogens is 1. The summed E-state index contributed by atoms with van der Waals surface area (Å²) in [5.74, 6) is 0. The van der Waals surface area contributed by atoms with Crippen LogP contribution in [0.1, 0.15) is 5.56 Å². The van der Waals surface area contributed by atoms with Crippen molar-refractivity contribution < 1.29 is 9.84 Å². The molecule has 110 valence electrons. The highest BCUT2D eigenvalue weighted by atomic mass is 79.9. The molecule has 20 heavy (non-hydrogen) atoms. The lowest BCUT2D eigenvalue weighted by atomic mass is 10.1. The summed E-state index contributed by atoms with van der Waals surface area (Å²) in [7, 11) is -1.07. The standard InChI is InChI=1S/C14H21BrN2O2Si/c1-20(2,3)8-7-19-10-17-13-11(9-18)5-4-6-12(13)14(15)16-17/h4-6,18H,7-10H2,1-3H3. The first-order valence-electron chi connectivity index (χ1n) is 6.75. The van der Waals surface area contributed by atoms with Crippen LogP contribution in [0.5, 0.6) is 0 Å². The first kappa shape index (κ1) is 15.7. The molecule has 1 N–H and O–H groups in total. The minimum Gasteiger partial charge on any atom is -0.392 e. The van der Waals surface area contributed by atoms with Gasteiger partial charge in [0.2, 0.25) is 0 Å². The zero-order chi connectivity index (χ0) is 14.8. The van der Waals surface area contributed by atoms with E-state index < -0.39 is 8.07 Å². The average Bonchev–Trinajstić information content (AvgIpc) is 2.71. The second kappa shape index (κ2) is 6.38. The van der Waals surface area contributed by atoms with E-state index in [0.717, 1.165) is 33.7 Å². The van der Waals surface area contributed by atoms with Gasteiger partial charge in [-0.2, -0.15) is 5.10 Å². The molecule has 1 aromatic heterocycles. The van der Waals surface area contributed by atoms with Gasteiger partial charge in [0.05, 0.1) is 12.1 Å². The second-order valence-corrected chi connectivity index (χ2v) is 12.5. The zero-order valence-electron chi connectivity index (χ0n) is 12.2. The van der Waals surface area contributed by atoms with Crippen LogP contribution < -0.4 is 0 Å². The van der Waals surface area contributed by atoms with Crippen molar-refractivity contribution in [2.45, 2.75) is 39.0 Å². The Morgan fingerprint density at radius 2 is 2.10 bits per heavy atom. The molecular formula is C14H21BrN2O2Si. The van der Waals surface area contributed by atoms with Crippen LogP contribution in [0, 0.1) is 0 Å². The molecule has 2 rings (SSSR count). The van der Waals surface area contributed by atoms with E-state index in [4.69, 9.17) is 4.74 Å². The van der Waals surface area contributed by atoms with Crippen molar-refractivity contribution in [3.63, 3.8) is 0 Å². The molecule has 0 saturated heterocycles. The van der Waals surface area contributed by atoms with Crippen LogP contribution in [0.2, 0.25) is 25.7 Å². The lowest BCUT2D eigenvalue weighted by Crippen LogP contribution is -2.22. The van der Waals surface area contributed by atoms with Crippen molar-refractivity contribution in [3.05, 3.63) is 28.4 Å². The van der Waals surface area contributed by atoms with E-state index in [2.05, 4.69) is 40.7 Å². The fourth-order valence-corrected chi connectivity index (χ4v) is 3.29. The van der Waals surface area contributed by atoms with Gasteiger partial charge in [-0.15, -0.1) is 0 Å². The van der Waals surface area contributed by atoms with Crippen molar-refractivity contribution in [2.24, 2.45) is 0 Å². The maximum absolute atomic E-state index is 9.46. The lowest BCUT2D eigenvalue weighted by molar-refractivity contribution is 0.0812. The number of para-hydroxylation sites is 1. The van der Waals surface area contributed by atoms with E-state index in [1.54, 1.807) is 0 Å². The Bertz CT molecular complexity index is 593. The van der Waals surface area contributed by atoms with E-state index in [9.17, 15) is 5.11 Å². The number of aromatic nitrogens is 2. The van der Waals surface area contributed by atoms with Crippen molar-refractivity contribution >= 4 is 34.9 Å². The minimum absolute atomic E-state index is 0.00434. The topological polar surface area (TPSA) is 47.3 Å². The van der Waals surface area contributed by atoms with Gasteiger partial charge in [-0.1, -0.05) is 37.8 Å². The van der Waals surface area contributed by atoms with Gasteiger partial charge < -0.3 is 9.84 Å². The summed E-state index contributed by atoms with van der Waals surface area (Å²) in [6.45, 7) is 8.18. The van der Waals surface area contributed by atoms with Crippen LogP contribution in [-0.4, -0.2) is 29.6 Å². The summed E-state index contributed by atoms with van der Waals surface area (Å²) in [6, 6.07) is 6.97. The Morgan fingerprint density at radius 1 is 1.35 bits per heavy atom. The van der Waals surface area contributed by atoms with Crippen LogP contribution in [0.3, 0.4) is 0 Å². The van der Waals surface area contributed by atoms with Crippen molar-refractivity contribution in [3.8, 4) is 0 Å². The predicted molar refractivity (Wildman–Crippen MR) is 87.5 cm³/mol. The molecule has 0 atom stereocenters. The molecule has 0 saturated carbocycles. The highest BCUT2D eigenvalue weighted by Crippen LogP contribution is 2.26. The van der Waals surface area contributed by atoms with Crippen LogP contribution in [0.4, 0.5) is 0 Å². The molecule has 0 aliphatic heterocycles. The molecule has 1 aromatic carbocycles. The average molecular weight is 357 g/mol. The van der Waals surface area contributed by atoms with Gasteiger partial charge in [0.15, 0.2) is 0 Å². The maximum Gasteiger partial charge on any atom is 0.140 e. The van der Waals surface area contributed by atoms with Crippen molar-refractivity contribution in [1.29, 1.82) is 0 Å². The molecule has 0 aliphatic rings. The summed E-state index contributed by atoms with van der Waals surface area (Å²) in [5, 5.41) is 14.9. The normalized spacial score (nSPS) is 12.2. The van der Waals surface area contributed by atoms with Gasteiger partial charge in [-0.05, 0) is 22.0 Å². The summed E-state index contributed by atoms with van der Waals surface area (Å²) in [6.07, 6.45) is 0. The number of rotatable bonds is 6. The molecule has 1 heterocycles.